The zero-order valence-corrected chi connectivity index (χ0v) is 16.1. The molecule has 1 aliphatic heterocycles. The molecule has 5 nitrogen and oxygen atoms in total. The molecule has 0 radical (unpaired) electrons. The van der Waals surface area contributed by atoms with E-state index in [0.717, 1.165) is 29.6 Å². The van der Waals surface area contributed by atoms with Gasteiger partial charge in [0.1, 0.15) is 5.69 Å². The largest absolute Gasteiger partial charge is 0.379 e. The Morgan fingerprint density at radius 1 is 1.15 bits per heavy atom. The van der Waals surface area contributed by atoms with E-state index in [1.54, 1.807) is 12.1 Å². The Bertz CT molecular complexity index is 981. The summed E-state index contributed by atoms with van der Waals surface area (Å²) in [5, 5.41) is 5.00. The number of rotatable bonds is 4. The molecule has 1 saturated heterocycles. The number of halogens is 2. The van der Waals surface area contributed by atoms with Crippen molar-refractivity contribution in [2.24, 2.45) is 0 Å². The second-order valence-electron chi connectivity index (χ2n) is 6.49. The van der Waals surface area contributed by atoms with Crippen molar-refractivity contribution < 1.29 is 9.53 Å². The predicted molar refractivity (Wildman–Crippen MR) is 109 cm³/mol. The molecule has 1 amide bonds. The second kappa shape index (κ2) is 7.90. The highest BCUT2D eigenvalue weighted by atomic mass is 35.5. The van der Waals surface area contributed by atoms with Crippen molar-refractivity contribution in [2.75, 3.05) is 31.6 Å². The van der Waals surface area contributed by atoms with Crippen LogP contribution in [-0.4, -0.2) is 42.1 Å². The zero-order valence-electron chi connectivity index (χ0n) is 14.6. The van der Waals surface area contributed by atoms with Crippen molar-refractivity contribution in [3.8, 4) is 0 Å². The number of benzene rings is 2. The van der Waals surface area contributed by atoms with Crippen molar-refractivity contribution in [3.05, 3.63) is 63.8 Å². The molecule has 0 spiro atoms. The number of fused-ring (bicyclic) bond motifs is 1. The van der Waals surface area contributed by atoms with E-state index in [4.69, 9.17) is 27.9 Å². The fourth-order valence-corrected chi connectivity index (χ4v) is 3.66. The van der Waals surface area contributed by atoms with Crippen molar-refractivity contribution in [1.82, 2.24) is 9.88 Å². The fourth-order valence-electron chi connectivity index (χ4n) is 3.31. The van der Waals surface area contributed by atoms with Crippen LogP contribution in [0.4, 0.5) is 5.69 Å². The fraction of sp³-hybridized carbons (Fsp3) is 0.250. The van der Waals surface area contributed by atoms with Gasteiger partial charge in [-0.2, -0.15) is 0 Å². The van der Waals surface area contributed by atoms with Crippen LogP contribution in [0.1, 0.15) is 16.1 Å². The molecule has 2 heterocycles. The molecular weight excluding hydrogens is 385 g/mol. The lowest BCUT2D eigenvalue weighted by Crippen LogP contribution is -2.36. The van der Waals surface area contributed by atoms with Gasteiger partial charge in [-0.1, -0.05) is 35.3 Å². The number of hydrogen-bond donors (Lipinski definition) is 2. The average molecular weight is 404 g/mol. The number of H-pyrrole nitrogens is 1. The molecule has 7 heteroatoms. The molecule has 0 saturated carbocycles. The Kier molecular flexibility index (Phi) is 5.36. The Labute approximate surface area is 167 Å². The van der Waals surface area contributed by atoms with E-state index in [1.807, 2.05) is 30.3 Å². The minimum absolute atomic E-state index is 0.223. The lowest BCUT2D eigenvalue weighted by molar-refractivity contribution is 0.0342. The van der Waals surface area contributed by atoms with Gasteiger partial charge < -0.3 is 15.0 Å². The lowest BCUT2D eigenvalue weighted by atomic mass is 10.1. The van der Waals surface area contributed by atoms with Crippen molar-refractivity contribution in [1.29, 1.82) is 0 Å². The molecule has 1 aliphatic rings. The van der Waals surface area contributed by atoms with Crippen LogP contribution in [-0.2, 0) is 11.3 Å². The molecule has 0 atom stereocenters. The lowest BCUT2D eigenvalue weighted by Gasteiger charge is -2.26. The molecule has 4 rings (SSSR count). The molecule has 2 N–H and O–H groups in total. The number of carbonyl (C=O) groups excluding carboxylic acids is 1. The quantitative estimate of drug-likeness (QED) is 0.671. The summed E-state index contributed by atoms with van der Waals surface area (Å²) in [6.07, 6.45) is 0. The molecule has 3 aromatic rings. The third kappa shape index (κ3) is 3.96. The van der Waals surface area contributed by atoms with E-state index in [2.05, 4.69) is 15.2 Å². The summed E-state index contributed by atoms with van der Waals surface area (Å²) in [5.74, 6) is -0.223. The van der Waals surface area contributed by atoms with Crippen molar-refractivity contribution in [2.45, 2.75) is 6.54 Å². The standard InChI is InChI=1S/C20H19Cl2N3O2/c21-13-5-6-17-14(11-13)15(12-25-7-9-27-10-8-25)19(23-17)20(26)24-18-4-2-1-3-16(18)22/h1-6,11,23H,7-10,12H2,(H,24,26). The Morgan fingerprint density at radius 3 is 2.70 bits per heavy atom. The highest BCUT2D eigenvalue weighted by molar-refractivity contribution is 6.34. The van der Waals surface area contributed by atoms with Crippen LogP contribution in [0.3, 0.4) is 0 Å². The third-order valence-electron chi connectivity index (χ3n) is 4.70. The number of ether oxygens (including phenoxy) is 1. The van der Waals surface area contributed by atoms with Gasteiger partial charge in [-0.05, 0) is 30.3 Å². The second-order valence-corrected chi connectivity index (χ2v) is 7.33. The Hall–Kier alpha value is -2.05. The molecule has 0 bridgehead atoms. The topological polar surface area (TPSA) is 57.4 Å². The summed E-state index contributed by atoms with van der Waals surface area (Å²) in [7, 11) is 0. The summed E-state index contributed by atoms with van der Waals surface area (Å²) in [6, 6.07) is 12.8. The normalized spacial score (nSPS) is 15.2. The van der Waals surface area contributed by atoms with Crippen molar-refractivity contribution >= 4 is 45.7 Å². The third-order valence-corrected chi connectivity index (χ3v) is 5.27. The summed E-state index contributed by atoms with van der Waals surface area (Å²) in [6.45, 7) is 3.71. The predicted octanol–water partition coefficient (Wildman–Crippen LogP) is 4.56. The minimum Gasteiger partial charge on any atom is -0.379 e. The molecular formula is C20H19Cl2N3O2. The van der Waals surface area contributed by atoms with Crippen LogP contribution in [0.15, 0.2) is 42.5 Å². The Morgan fingerprint density at radius 2 is 1.93 bits per heavy atom. The average Bonchev–Trinajstić information content (AvgIpc) is 3.02. The maximum Gasteiger partial charge on any atom is 0.272 e. The summed E-state index contributed by atoms with van der Waals surface area (Å²) in [5.41, 5.74) is 2.92. The van der Waals surface area contributed by atoms with E-state index < -0.39 is 0 Å². The first-order chi connectivity index (χ1) is 13.1. The van der Waals surface area contributed by atoms with Gasteiger partial charge in [-0.3, -0.25) is 9.69 Å². The van der Waals surface area contributed by atoms with Crippen molar-refractivity contribution in [3.63, 3.8) is 0 Å². The number of anilines is 1. The number of carbonyl (C=O) groups is 1. The number of nitrogens with one attached hydrogen (secondary N) is 2. The summed E-state index contributed by atoms with van der Waals surface area (Å²) in [4.78, 5) is 18.5. The number of hydrogen-bond acceptors (Lipinski definition) is 3. The number of amides is 1. The van der Waals surface area contributed by atoms with Gasteiger partial charge in [0.25, 0.3) is 5.91 Å². The maximum atomic E-state index is 13.0. The SMILES string of the molecule is O=C(Nc1ccccc1Cl)c1[nH]c2ccc(Cl)cc2c1CN1CCOCC1. The van der Waals surface area contributed by atoms with Gasteiger partial charge in [0.15, 0.2) is 0 Å². The van der Waals surface area contributed by atoms with Crippen LogP contribution in [0.25, 0.3) is 10.9 Å². The van der Waals surface area contributed by atoms with Gasteiger partial charge in [0, 0.05) is 41.1 Å². The van der Waals surface area contributed by atoms with Crippen LogP contribution >= 0.6 is 23.2 Å². The molecule has 140 valence electrons. The number of para-hydroxylation sites is 1. The minimum atomic E-state index is -0.223. The molecule has 0 aliphatic carbocycles. The highest BCUT2D eigenvalue weighted by Crippen LogP contribution is 2.29. The van der Waals surface area contributed by atoms with E-state index in [-0.39, 0.29) is 5.91 Å². The first-order valence-corrected chi connectivity index (χ1v) is 9.53. The van der Waals surface area contributed by atoms with Crippen LogP contribution in [0.2, 0.25) is 10.0 Å². The van der Waals surface area contributed by atoms with Crippen LogP contribution in [0.5, 0.6) is 0 Å². The van der Waals surface area contributed by atoms with E-state index in [0.29, 0.717) is 41.2 Å². The molecule has 1 fully saturated rings. The number of nitrogens with zero attached hydrogens (tertiary/aromatic N) is 1. The molecule has 27 heavy (non-hydrogen) atoms. The van der Waals surface area contributed by atoms with Crippen LogP contribution in [0, 0.1) is 0 Å². The number of morpholine rings is 1. The zero-order chi connectivity index (χ0) is 18.8. The van der Waals surface area contributed by atoms with Crippen LogP contribution < -0.4 is 5.32 Å². The molecule has 1 aromatic heterocycles. The maximum absolute atomic E-state index is 13.0. The summed E-state index contributed by atoms with van der Waals surface area (Å²) < 4.78 is 5.43. The smallest absolute Gasteiger partial charge is 0.272 e. The monoisotopic (exact) mass is 403 g/mol. The highest BCUT2D eigenvalue weighted by Gasteiger charge is 2.22. The molecule has 0 unspecified atom stereocenters. The first-order valence-electron chi connectivity index (χ1n) is 8.78. The number of aromatic amines is 1. The Balaban J connectivity index is 1.71. The van der Waals surface area contributed by atoms with E-state index in [9.17, 15) is 4.79 Å². The van der Waals surface area contributed by atoms with Gasteiger partial charge in [0.05, 0.1) is 23.9 Å². The van der Waals surface area contributed by atoms with Gasteiger partial charge in [0.2, 0.25) is 0 Å². The molecule has 2 aromatic carbocycles. The summed E-state index contributed by atoms with van der Waals surface area (Å²) >= 11 is 12.4. The van der Waals surface area contributed by atoms with Gasteiger partial charge in [-0.15, -0.1) is 0 Å². The van der Waals surface area contributed by atoms with E-state index >= 15 is 0 Å². The van der Waals surface area contributed by atoms with Gasteiger partial charge >= 0.3 is 0 Å². The van der Waals surface area contributed by atoms with E-state index in [1.165, 1.54) is 0 Å². The number of aromatic nitrogens is 1. The van der Waals surface area contributed by atoms with Gasteiger partial charge in [-0.25, -0.2) is 0 Å². The first kappa shape index (κ1) is 18.3.